The summed E-state index contributed by atoms with van der Waals surface area (Å²) in [5.74, 6) is -0.714. The lowest BCUT2D eigenvalue weighted by atomic mass is 10.4. The number of pyridine rings is 1. The number of thiol groups is 1. The molecule has 76 valence electrons. The number of nitrogens with two attached hydrogens (primary N) is 1. The minimum atomic E-state index is -1.01. The Morgan fingerprint density at radius 2 is 2.50 bits per heavy atom. The van der Waals surface area contributed by atoms with Gasteiger partial charge in [-0.15, -0.1) is 24.4 Å². The number of carboxylic acid groups (broad SMARTS) is 1. The van der Waals surface area contributed by atoms with Gasteiger partial charge >= 0.3 is 5.97 Å². The molecule has 0 aliphatic carbocycles. The Labute approximate surface area is 91.3 Å². The maximum Gasteiger partial charge on any atom is 0.321 e. The molecule has 1 aromatic rings. The summed E-state index contributed by atoms with van der Waals surface area (Å²) in [7, 11) is 0. The minimum absolute atomic E-state index is 0.292. The standard InChI is InChI=1S/C8H10N2O2S2/c9-5(8(11)12)4-14-7-6(13)2-1-3-10-7/h1-3,5,13H,4,9H2,(H,11,12). The summed E-state index contributed by atoms with van der Waals surface area (Å²) in [5.41, 5.74) is 5.34. The van der Waals surface area contributed by atoms with Crippen molar-refractivity contribution in [1.29, 1.82) is 0 Å². The fourth-order valence-corrected chi connectivity index (χ4v) is 1.90. The molecule has 0 radical (unpaired) electrons. The molecule has 4 nitrogen and oxygen atoms in total. The van der Waals surface area contributed by atoms with Crippen LogP contribution in [0.4, 0.5) is 0 Å². The molecular weight excluding hydrogens is 220 g/mol. The zero-order chi connectivity index (χ0) is 10.6. The van der Waals surface area contributed by atoms with Crippen molar-refractivity contribution >= 4 is 30.4 Å². The van der Waals surface area contributed by atoms with Gasteiger partial charge in [-0.25, -0.2) is 4.98 Å². The Morgan fingerprint density at radius 1 is 1.79 bits per heavy atom. The summed E-state index contributed by atoms with van der Waals surface area (Å²) in [6, 6.07) is 2.70. The normalized spacial score (nSPS) is 12.4. The Morgan fingerprint density at radius 3 is 3.07 bits per heavy atom. The SMILES string of the molecule is NC(CSc1ncccc1S)C(=O)O. The lowest BCUT2D eigenvalue weighted by Crippen LogP contribution is -2.32. The number of nitrogens with zero attached hydrogens (tertiary/aromatic N) is 1. The van der Waals surface area contributed by atoms with Gasteiger partial charge in [-0.3, -0.25) is 4.79 Å². The van der Waals surface area contributed by atoms with Gasteiger partial charge in [0.2, 0.25) is 0 Å². The molecule has 0 fully saturated rings. The fraction of sp³-hybridized carbons (Fsp3) is 0.250. The van der Waals surface area contributed by atoms with Crippen molar-refractivity contribution < 1.29 is 9.90 Å². The second-order valence-electron chi connectivity index (χ2n) is 2.58. The first-order valence-corrected chi connectivity index (χ1v) is 5.29. The van der Waals surface area contributed by atoms with Crippen molar-refractivity contribution in [2.75, 3.05) is 5.75 Å². The molecule has 0 bridgehead atoms. The van der Waals surface area contributed by atoms with Crippen LogP contribution in [0.5, 0.6) is 0 Å². The third kappa shape index (κ3) is 3.21. The van der Waals surface area contributed by atoms with E-state index in [0.29, 0.717) is 10.8 Å². The minimum Gasteiger partial charge on any atom is -0.480 e. The van der Waals surface area contributed by atoms with E-state index in [2.05, 4.69) is 17.6 Å². The molecule has 6 heteroatoms. The van der Waals surface area contributed by atoms with Crippen molar-refractivity contribution in [3.8, 4) is 0 Å². The molecule has 3 N–H and O–H groups in total. The zero-order valence-electron chi connectivity index (χ0n) is 7.25. The van der Waals surface area contributed by atoms with Gasteiger partial charge in [0.15, 0.2) is 0 Å². The van der Waals surface area contributed by atoms with E-state index in [1.807, 2.05) is 0 Å². The zero-order valence-corrected chi connectivity index (χ0v) is 8.96. The molecule has 0 aliphatic heterocycles. The highest BCUT2D eigenvalue weighted by Crippen LogP contribution is 2.22. The van der Waals surface area contributed by atoms with E-state index in [9.17, 15) is 4.79 Å². The van der Waals surface area contributed by atoms with Crippen LogP contribution in [0.15, 0.2) is 28.3 Å². The number of thioether (sulfide) groups is 1. The Kier molecular flexibility index (Phi) is 4.24. The highest BCUT2D eigenvalue weighted by molar-refractivity contribution is 7.99. The van der Waals surface area contributed by atoms with E-state index >= 15 is 0 Å². The van der Waals surface area contributed by atoms with E-state index in [1.54, 1.807) is 18.3 Å². The number of carbonyl (C=O) groups is 1. The molecule has 1 atom stereocenters. The van der Waals surface area contributed by atoms with Gasteiger partial charge in [-0.1, -0.05) is 0 Å². The van der Waals surface area contributed by atoms with Crippen LogP contribution >= 0.6 is 24.4 Å². The van der Waals surface area contributed by atoms with Crippen LogP contribution in [0, 0.1) is 0 Å². The maximum absolute atomic E-state index is 10.4. The molecule has 1 unspecified atom stereocenters. The Balaban J connectivity index is 2.54. The molecule has 0 saturated carbocycles. The van der Waals surface area contributed by atoms with Gasteiger partial charge in [0.25, 0.3) is 0 Å². The van der Waals surface area contributed by atoms with Crippen LogP contribution in [0.25, 0.3) is 0 Å². The van der Waals surface area contributed by atoms with Crippen molar-refractivity contribution in [3.63, 3.8) is 0 Å². The second-order valence-corrected chi connectivity index (χ2v) is 4.07. The lowest BCUT2D eigenvalue weighted by Gasteiger charge is -2.06. The predicted octanol–water partition coefficient (Wildman–Crippen LogP) is 0.874. The first kappa shape index (κ1) is 11.4. The predicted molar refractivity (Wildman–Crippen MR) is 57.8 cm³/mol. The summed E-state index contributed by atoms with van der Waals surface area (Å²) in [4.78, 5) is 15.2. The molecule has 0 saturated heterocycles. The quantitative estimate of drug-likeness (QED) is 0.528. The summed E-state index contributed by atoms with van der Waals surface area (Å²) in [5, 5.41) is 9.25. The summed E-state index contributed by atoms with van der Waals surface area (Å²) in [6.07, 6.45) is 1.63. The molecule has 0 aliphatic rings. The highest BCUT2D eigenvalue weighted by Gasteiger charge is 2.12. The van der Waals surface area contributed by atoms with Crippen LogP contribution in [-0.4, -0.2) is 27.9 Å². The van der Waals surface area contributed by atoms with Crippen molar-refractivity contribution in [1.82, 2.24) is 4.98 Å². The number of hydrogen-bond acceptors (Lipinski definition) is 5. The smallest absolute Gasteiger partial charge is 0.321 e. The van der Waals surface area contributed by atoms with E-state index in [1.165, 1.54) is 11.8 Å². The topological polar surface area (TPSA) is 76.2 Å². The molecule has 1 rings (SSSR count). The van der Waals surface area contributed by atoms with Gasteiger partial charge in [0.05, 0.1) is 0 Å². The Hall–Kier alpha value is -0.720. The van der Waals surface area contributed by atoms with Gasteiger partial charge in [0, 0.05) is 16.8 Å². The average molecular weight is 230 g/mol. The molecular formula is C8H10N2O2S2. The van der Waals surface area contributed by atoms with Gasteiger partial charge < -0.3 is 10.8 Å². The first-order chi connectivity index (χ1) is 6.61. The fourth-order valence-electron chi connectivity index (χ4n) is 0.734. The summed E-state index contributed by atoms with van der Waals surface area (Å²) < 4.78 is 0. The monoisotopic (exact) mass is 230 g/mol. The highest BCUT2D eigenvalue weighted by atomic mass is 32.2. The maximum atomic E-state index is 10.4. The molecule has 0 spiro atoms. The van der Waals surface area contributed by atoms with E-state index in [-0.39, 0.29) is 0 Å². The average Bonchev–Trinajstić information content (AvgIpc) is 2.16. The van der Waals surface area contributed by atoms with Crippen molar-refractivity contribution in [2.24, 2.45) is 5.73 Å². The second kappa shape index (κ2) is 5.23. The Bertz CT molecular complexity index is 333. The number of hydrogen-bond donors (Lipinski definition) is 3. The molecule has 0 amide bonds. The van der Waals surface area contributed by atoms with Crippen LogP contribution in [0.3, 0.4) is 0 Å². The van der Waals surface area contributed by atoms with Gasteiger partial charge in [-0.05, 0) is 12.1 Å². The largest absolute Gasteiger partial charge is 0.480 e. The number of aliphatic carboxylic acids is 1. The van der Waals surface area contributed by atoms with Crippen LogP contribution in [0.1, 0.15) is 0 Å². The third-order valence-corrected chi connectivity index (χ3v) is 3.10. The molecule has 1 heterocycles. The van der Waals surface area contributed by atoms with Crippen LogP contribution in [-0.2, 0) is 4.79 Å². The summed E-state index contributed by atoms with van der Waals surface area (Å²) in [6.45, 7) is 0. The van der Waals surface area contributed by atoms with Crippen LogP contribution in [0.2, 0.25) is 0 Å². The molecule has 14 heavy (non-hydrogen) atoms. The van der Waals surface area contributed by atoms with Crippen molar-refractivity contribution in [3.05, 3.63) is 18.3 Å². The lowest BCUT2D eigenvalue weighted by molar-refractivity contribution is -0.137. The van der Waals surface area contributed by atoms with Gasteiger partial charge in [0.1, 0.15) is 11.1 Å². The van der Waals surface area contributed by atoms with Gasteiger partial charge in [-0.2, -0.15) is 0 Å². The van der Waals surface area contributed by atoms with Crippen molar-refractivity contribution in [2.45, 2.75) is 16.0 Å². The molecule has 1 aromatic heterocycles. The van der Waals surface area contributed by atoms with E-state index in [0.717, 1.165) is 4.90 Å². The van der Waals surface area contributed by atoms with E-state index < -0.39 is 12.0 Å². The third-order valence-electron chi connectivity index (χ3n) is 1.47. The van der Waals surface area contributed by atoms with Crippen LogP contribution < -0.4 is 5.73 Å². The number of rotatable bonds is 4. The number of carboxylic acids is 1. The molecule has 0 aromatic carbocycles. The summed E-state index contributed by atoms with van der Waals surface area (Å²) >= 11 is 5.47. The van der Waals surface area contributed by atoms with E-state index in [4.69, 9.17) is 10.8 Å². The number of aromatic nitrogens is 1. The first-order valence-electron chi connectivity index (χ1n) is 3.86.